The third kappa shape index (κ3) is 5.04. The summed E-state index contributed by atoms with van der Waals surface area (Å²) in [6.07, 6.45) is 1.81. The second-order valence-electron chi connectivity index (χ2n) is 10.0. The molecule has 37 heavy (non-hydrogen) atoms. The molecule has 1 unspecified atom stereocenters. The van der Waals surface area contributed by atoms with Crippen molar-refractivity contribution in [2.75, 3.05) is 4.72 Å². The topological polar surface area (TPSA) is 96.6 Å². The van der Waals surface area contributed by atoms with Gasteiger partial charge in [-0.05, 0) is 68.0 Å². The van der Waals surface area contributed by atoms with Crippen molar-refractivity contribution in [1.82, 2.24) is 0 Å². The normalized spacial score (nSPS) is 14.8. The molecule has 3 aromatic carbocycles. The van der Waals surface area contributed by atoms with Gasteiger partial charge in [-0.2, -0.15) is 0 Å². The SMILES string of the molecule is CC(C)(c1ccccc1)c1cc(O)c(C(c2cccc(NS(=O)(=O)c3ccccc3)c2)C2CC2)c(=O)o1. The summed E-state index contributed by atoms with van der Waals surface area (Å²) >= 11 is 0. The van der Waals surface area contributed by atoms with E-state index in [9.17, 15) is 18.3 Å². The molecule has 6 nitrogen and oxygen atoms in total. The van der Waals surface area contributed by atoms with Crippen LogP contribution in [0.25, 0.3) is 0 Å². The van der Waals surface area contributed by atoms with E-state index in [0.29, 0.717) is 11.4 Å². The lowest BCUT2D eigenvalue weighted by Crippen LogP contribution is -2.23. The molecule has 1 aliphatic carbocycles. The fourth-order valence-corrected chi connectivity index (χ4v) is 5.87. The first kappa shape index (κ1) is 24.8. The van der Waals surface area contributed by atoms with Gasteiger partial charge in [0.2, 0.25) is 0 Å². The van der Waals surface area contributed by atoms with Gasteiger partial charge in [-0.15, -0.1) is 0 Å². The van der Waals surface area contributed by atoms with Gasteiger partial charge in [-0.3, -0.25) is 4.72 Å². The van der Waals surface area contributed by atoms with Crippen molar-refractivity contribution in [3.63, 3.8) is 0 Å². The zero-order chi connectivity index (χ0) is 26.2. The van der Waals surface area contributed by atoms with Crippen LogP contribution in [0.15, 0.2) is 105 Å². The highest BCUT2D eigenvalue weighted by Crippen LogP contribution is 2.48. The highest BCUT2D eigenvalue weighted by molar-refractivity contribution is 7.92. The zero-order valence-corrected chi connectivity index (χ0v) is 21.5. The number of anilines is 1. The lowest BCUT2D eigenvalue weighted by molar-refractivity contribution is 0.365. The number of hydrogen-bond donors (Lipinski definition) is 2. The molecule has 0 saturated heterocycles. The molecule has 190 valence electrons. The average molecular weight is 516 g/mol. The fraction of sp³-hybridized carbons (Fsp3) is 0.233. The summed E-state index contributed by atoms with van der Waals surface area (Å²) < 4.78 is 34.1. The van der Waals surface area contributed by atoms with Crippen LogP contribution in [0.4, 0.5) is 5.69 Å². The summed E-state index contributed by atoms with van der Waals surface area (Å²) in [4.78, 5) is 13.5. The molecule has 0 amide bonds. The highest BCUT2D eigenvalue weighted by atomic mass is 32.2. The predicted octanol–water partition coefficient (Wildman–Crippen LogP) is 6.01. The summed E-state index contributed by atoms with van der Waals surface area (Å²) in [5.74, 6) is 0.0142. The van der Waals surface area contributed by atoms with Crippen molar-refractivity contribution in [2.24, 2.45) is 5.92 Å². The monoisotopic (exact) mass is 515 g/mol. The Morgan fingerprint density at radius 1 is 0.919 bits per heavy atom. The van der Waals surface area contributed by atoms with E-state index in [-0.39, 0.29) is 22.1 Å². The maximum atomic E-state index is 13.3. The summed E-state index contributed by atoms with van der Waals surface area (Å²) in [6, 6.07) is 26.4. The minimum atomic E-state index is -3.77. The summed E-state index contributed by atoms with van der Waals surface area (Å²) in [7, 11) is -3.77. The molecule has 5 rings (SSSR count). The van der Waals surface area contributed by atoms with E-state index >= 15 is 0 Å². The molecular weight excluding hydrogens is 486 g/mol. The van der Waals surface area contributed by atoms with E-state index in [4.69, 9.17) is 4.42 Å². The van der Waals surface area contributed by atoms with Gasteiger partial charge in [0.1, 0.15) is 11.5 Å². The van der Waals surface area contributed by atoms with Crippen LogP contribution in [0.3, 0.4) is 0 Å². The van der Waals surface area contributed by atoms with Crippen LogP contribution in [0.5, 0.6) is 5.75 Å². The van der Waals surface area contributed by atoms with Crippen LogP contribution in [-0.2, 0) is 15.4 Å². The smallest absolute Gasteiger partial charge is 0.343 e. The van der Waals surface area contributed by atoms with Gasteiger partial charge in [-0.25, -0.2) is 13.2 Å². The third-order valence-corrected chi connectivity index (χ3v) is 8.43. The minimum absolute atomic E-state index is 0.109. The van der Waals surface area contributed by atoms with Gasteiger partial charge in [0.05, 0.1) is 10.5 Å². The molecule has 0 radical (unpaired) electrons. The molecule has 0 spiro atoms. The lowest BCUT2D eigenvalue weighted by Gasteiger charge is -2.25. The van der Waals surface area contributed by atoms with Crippen molar-refractivity contribution < 1.29 is 17.9 Å². The van der Waals surface area contributed by atoms with E-state index in [1.807, 2.05) is 50.2 Å². The molecule has 1 fully saturated rings. The Morgan fingerprint density at radius 2 is 1.57 bits per heavy atom. The van der Waals surface area contributed by atoms with Crippen LogP contribution in [0.1, 0.15) is 55.1 Å². The minimum Gasteiger partial charge on any atom is -0.507 e. The lowest BCUT2D eigenvalue weighted by atomic mass is 9.81. The van der Waals surface area contributed by atoms with Gasteiger partial charge in [0.25, 0.3) is 10.0 Å². The number of hydrogen-bond acceptors (Lipinski definition) is 5. The predicted molar refractivity (Wildman–Crippen MR) is 143 cm³/mol. The van der Waals surface area contributed by atoms with Crippen LogP contribution in [0, 0.1) is 5.92 Å². The Kier molecular flexibility index (Phi) is 6.42. The van der Waals surface area contributed by atoms with E-state index in [1.165, 1.54) is 12.1 Å². The highest BCUT2D eigenvalue weighted by Gasteiger charge is 2.38. The number of aromatic hydroxyl groups is 1. The second-order valence-corrected chi connectivity index (χ2v) is 11.7. The largest absolute Gasteiger partial charge is 0.507 e. The van der Waals surface area contributed by atoms with E-state index in [1.54, 1.807) is 42.5 Å². The van der Waals surface area contributed by atoms with Gasteiger partial charge in [0.15, 0.2) is 0 Å². The first-order valence-electron chi connectivity index (χ1n) is 12.3. The summed E-state index contributed by atoms with van der Waals surface area (Å²) in [6.45, 7) is 3.89. The molecule has 2 N–H and O–H groups in total. The van der Waals surface area contributed by atoms with Gasteiger partial charge in [0, 0.05) is 23.1 Å². The summed E-state index contributed by atoms with van der Waals surface area (Å²) in [5.41, 5.74) is 1.10. The van der Waals surface area contributed by atoms with Crippen molar-refractivity contribution in [2.45, 2.75) is 42.9 Å². The standard InChI is InChI=1S/C30H29NO5S/c1-30(2,22-11-5-3-6-12-22)26-19-25(32)28(29(33)36-26)27(20-16-17-20)21-10-9-13-23(18-21)31-37(34,35)24-14-7-4-8-15-24/h3-15,18-20,27,31-32H,16-17H2,1-2H3. The van der Waals surface area contributed by atoms with Gasteiger partial charge < -0.3 is 9.52 Å². The van der Waals surface area contributed by atoms with Crippen LogP contribution in [-0.4, -0.2) is 13.5 Å². The van der Waals surface area contributed by atoms with Crippen LogP contribution >= 0.6 is 0 Å². The Balaban J connectivity index is 1.51. The molecule has 1 saturated carbocycles. The van der Waals surface area contributed by atoms with Gasteiger partial charge in [-0.1, -0.05) is 60.7 Å². The summed E-state index contributed by atoms with van der Waals surface area (Å²) in [5, 5.41) is 11.1. The zero-order valence-electron chi connectivity index (χ0n) is 20.7. The molecule has 4 aromatic rings. The first-order chi connectivity index (χ1) is 17.7. The van der Waals surface area contributed by atoms with Crippen LogP contribution in [0.2, 0.25) is 0 Å². The molecule has 0 aliphatic heterocycles. The fourth-order valence-electron chi connectivity index (χ4n) is 4.80. The van der Waals surface area contributed by atoms with Crippen molar-refractivity contribution in [1.29, 1.82) is 0 Å². The molecule has 1 aromatic heterocycles. The van der Waals surface area contributed by atoms with Crippen molar-refractivity contribution >= 4 is 15.7 Å². The molecule has 1 atom stereocenters. The van der Waals surface area contributed by atoms with E-state index < -0.39 is 27.0 Å². The number of nitrogens with one attached hydrogen (secondary N) is 1. The van der Waals surface area contributed by atoms with Gasteiger partial charge >= 0.3 is 5.63 Å². The maximum Gasteiger partial charge on any atom is 0.343 e. The molecular formula is C30H29NO5S. The van der Waals surface area contributed by atoms with Crippen LogP contribution < -0.4 is 10.3 Å². The number of benzene rings is 3. The maximum absolute atomic E-state index is 13.3. The second kappa shape index (κ2) is 9.56. The van der Waals surface area contributed by atoms with E-state index in [0.717, 1.165) is 24.0 Å². The first-order valence-corrected chi connectivity index (χ1v) is 13.8. The van der Waals surface area contributed by atoms with Crippen molar-refractivity contribution in [3.05, 3.63) is 124 Å². The Morgan fingerprint density at radius 3 is 2.19 bits per heavy atom. The number of sulfonamides is 1. The molecule has 1 aliphatic rings. The Hall–Kier alpha value is -3.84. The number of rotatable bonds is 8. The average Bonchev–Trinajstić information content (AvgIpc) is 3.72. The molecule has 1 heterocycles. The Labute approximate surface area is 216 Å². The van der Waals surface area contributed by atoms with Crippen molar-refractivity contribution in [3.8, 4) is 5.75 Å². The Bertz CT molecular complexity index is 1570. The molecule has 0 bridgehead atoms. The van der Waals surface area contributed by atoms with E-state index in [2.05, 4.69) is 4.72 Å². The molecule has 7 heteroatoms. The third-order valence-electron chi connectivity index (χ3n) is 7.03. The quantitative estimate of drug-likeness (QED) is 0.299.